The van der Waals surface area contributed by atoms with Crippen molar-refractivity contribution in [2.45, 2.75) is 33.5 Å². The lowest BCUT2D eigenvalue weighted by Crippen LogP contribution is -2.24. The number of ketones is 1. The maximum atomic E-state index is 12.7. The molecule has 1 aromatic heterocycles. The number of aryl methyl sites for hydroxylation is 1. The lowest BCUT2D eigenvalue weighted by atomic mass is 10.1. The minimum absolute atomic E-state index is 0.0587. The molecule has 8 nitrogen and oxygen atoms in total. The van der Waals surface area contributed by atoms with E-state index in [4.69, 9.17) is 14.2 Å². The van der Waals surface area contributed by atoms with Crippen molar-refractivity contribution >= 4 is 23.8 Å². The Morgan fingerprint density at radius 1 is 1.09 bits per heavy atom. The van der Waals surface area contributed by atoms with Gasteiger partial charge in [-0.1, -0.05) is 6.07 Å². The van der Waals surface area contributed by atoms with Crippen molar-refractivity contribution in [1.29, 1.82) is 0 Å². The van der Waals surface area contributed by atoms with E-state index < -0.39 is 30.4 Å². The van der Waals surface area contributed by atoms with Gasteiger partial charge in [0.1, 0.15) is 0 Å². The third kappa shape index (κ3) is 5.71. The molecule has 0 saturated heterocycles. The van der Waals surface area contributed by atoms with E-state index in [2.05, 4.69) is 9.72 Å². The molecule has 0 spiro atoms. The highest BCUT2D eigenvalue weighted by atomic mass is 19.3. The zero-order valence-electron chi connectivity index (χ0n) is 18.2. The number of aromatic nitrogens is 1. The van der Waals surface area contributed by atoms with Crippen LogP contribution in [0.25, 0.3) is 6.08 Å². The van der Waals surface area contributed by atoms with E-state index in [9.17, 15) is 23.2 Å². The smallest absolute Gasteiger partial charge is 0.387 e. The average Bonchev–Trinajstić information content (AvgIpc) is 3.05. The van der Waals surface area contributed by atoms with Crippen molar-refractivity contribution in [3.05, 3.63) is 52.4 Å². The molecule has 1 N–H and O–H groups in total. The molecule has 1 heterocycles. The zero-order chi connectivity index (χ0) is 24.0. The normalized spacial score (nSPS) is 12.0. The number of rotatable bonds is 9. The van der Waals surface area contributed by atoms with Crippen molar-refractivity contribution in [2.75, 3.05) is 14.2 Å². The van der Waals surface area contributed by atoms with Crippen LogP contribution >= 0.6 is 0 Å². The Morgan fingerprint density at radius 2 is 1.78 bits per heavy atom. The summed E-state index contributed by atoms with van der Waals surface area (Å²) in [6.07, 6.45) is 1.32. The van der Waals surface area contributed by atoms with Gasteiger partial charge in [0.05, 0.1) is 25.5 Å². The van der Waals surface area contributed by atoms with E-state index in [-0.39, 0.29) is 22.8 Å². The van der Waals surface area contributed by atoms with Crippen LogP contribution in [0.2, 0.25) is 0 Å². The van der Waals surface area contributed by atoms with Gasteiger partial charge in [0.2, 0.25) is 5.78 Å². The fourth-order valence-corrected chi connectivity index (χ4v) is 3.02. The molecule has 1 atom stereocenters. The van der Waals surface area contributed by atoms with Crippen LogP contribution in [-0.2, 0) is 14.3 Å². The van der Waals surface area contributed by atoms with Crippen molar-refractivity contribution in [3.63, 3.8) is 0 Å². The molecular formula is C22H23F2NO7. The SMILES string of the molecule is COC(=O)c1c(C)[nH]c(C(=O)C(C)OC(=O)/C=C/c2ccc(OC(F)F)c(OC)c2)c1C. The van der Waals surface area contributed by atoms with Crippen LogP contribution in [0.1, 0.15) is 44.6 Å². The van der Waals surface area contributed by atoms with Crippen LogP contribution in [0.5, 0.6) is 11.5 Å². The van der Waals surface area contributed by atoms with E-state index in [1.54, 1.807) is 13.8 Å². The number of aromatic amines is 1. The molecule has 2 aromatic rings. The van der Waals surface area contributed by atoms with Gasteiger partial charge < -0.3 is 23.9 Å². The fourth-order valence-electron chi connectivity index (χ4n) is 3.02. The van der Waals surface area contributed by atoms with Gasteiger partial charge in [-0.05, 0) is 50.1 Å². The Hall–Kier alpha value is -3.69. The number of hydrogen-bond acceptors (Lipinski definition) is 7. The predicted molar refractivity (Wildman–Crippen MR) is 110 cm³/mol. The first-order chi connectivity index (χ1) is 15.1. The molecule has 2 rings (SSSR count). The molecule has 0 aliphatic heterocycles. The summed E-state index contributed by atoms with van der Waals surface area (Å²) in [5, 5.41) is 0. The molecule has 0 fully saturated rings. The Balaban J connectivity index is 2.09. The van der Waals surface area contributed by atoms with Gasteiger partial charge in [-0.3, -0.25) is 4.79 Å². The minimum atomic E-state index is -3.00. The summed E-state index contributed by atoms with van der Waals surface area (Å²) >= 11 is 0. The van der Waals surface area contributed by atoms with Crippen LogP contribution in [-0.4, -0.2) is 49.6 Å². The van der Waals surface area contributed by atoms with Crippen LogP contribution in [0, 0.1) is 13.8 Å². The maximum absolute atomic E-state index is 12.7. The van der Waals surface area contributed by atoms with E-state index in [1.165, 1.54) is 45.4 Å². The molecule has 0 aliphatic rings. The maximum Gasteiger partial charge on any atom is 0.387 e. The second kappa shape index (κ2) is 10.6. The van der Waals surface area contributed by atoms with Gasteiger partial charge in [0, 0.05) is 11.8 Å². The summed E-state index contributed by atoms with van der Waals surface area (Å²) in [5.74, 6) is -1.99. The molecule has 0 aliphatic carbocycles. The number of carbonyl (C=O) groups is 3. The number of hydrogen-bond donors (Lipinski definition) is 1. The topological polar surface area (TPSA) is 104 Å². The number of halogens is 2. The van der Waals surface area contributed by atoms with Crippen molar-refractivity contribution < 1.29 is 42.1 Å². The van der Waals surface area contributed by atoms with E-state index in [0.29, 0.717) is 16.8 Å². The number of H-pyrrole nitrogens is 1. The van der Waals surface area contributed by atoms with Gasteiger partial charge in [0.25, 0.3) is 0 Å². The summed E-state index contributed by atoms with van der Waals surface area (Å²) in [6, 6.07) is 4.12. The molecule has 0 bridgehead atoms. The Bertz CT molecular complexity index is 1040. The summed E-state index contributed by atoms with van der Waals surface area (Å²) in [7, 11) is 2.53. The number of methoxy groups -OCH3 is 2. The first kappa shape index (κ1) is 24.6. The minimum Gasteiger partial charge on any atom is -0.493 e. The van der Waals surface area contributed by atoms with E-state index >= 15 is 0 Å². The standard InChI is InChI=1S/C22H23F2NO7/c1-11-18(21(28)30-5)12(2)25-19(11)20(27)13(3)31-17(26)9-7-14-6-8-15(32-22(23)24)16(10-14)29-4/h6-10,13,22,25H,1-5H3/b9-7+. The number of nitrogens with one attached hydrogen (secondary N) is 1. The Morgan fingerprint density at radius 3 is 2.38 bits per heavy atom. The Kier molecular flexibility index (Phi) is 8.11. The molecule has 0 saturated carbocycles. The molecular weight excluding hydrogens is 428 g/mol. The van der Waals surface area contributed by atoms with Crippen LogP contribution in [0.3, 0.4) is 0 Å². The van der Waals surface area contributed by atoms with Gasteiger partial charge in [-0.25, -0.2) is 9.59 Å². The lowest BCUT2D eigenvalue weighted by Gasteiger charge is -2.11. The molecule has 32 heavy (non-hydrogen) atoms. The largest absolute Gasteiger partial charge is 0.493 e. The molecule has 0 amide bonds. The van der Waals surface area contributed by atoms with Gasteiger partial charge in [-0.2, -0.15) is 8.78 Å². The molecule has 0 radical (unpaired) electrons. The first-order valence-electron chi connectivity index (χ1n) is 9.42. The molecule has 1 aromatic carbocycles. The summed E-state index contributed by atoms with van der Waals surface area (Å²) in [4.78, 5) is 39.5. The average molecular weight is 451 g/mol. The van der Waals surface area contributed by atoms with Gasteiger partial charge >= 0.3 is 18.6 Å². The Labute approximate surface area is 183 Å². The fraction of sp³-hybridized carbons (Fsp3) is 0.318. The van der Waals surface area contributed by atoms with Gasteiger partial charge in [-0.15, -0.1) is 0 Å². The summed E-state index contributed by atoms with van der Waals surface area (Å²) in [6.45, 7) is 1.62. The third-order valence-electron chi connectivity index (χ3n) is 4.55. The predicted octanol–water partition coefficient (Wildman–Crippen LogP) is 3.86. The zero-order valence-corrected chi connectivity index (χ0v) is 18.2. The number of benzene rings is 1. The van der Waals surface area contributed by atoms with Crippen molar-refractivity contribution in [1.82, 2.24) is 4.98 Å². The first-order valence-corrected chi connectivity index (χ1v) is 9.42. The number of Topliss-reactive ketones (excluding diaryl/α,β-unsaturated/α-hetero) is 1. The number of ether oxygens (including phenoxy) is 4. The summed E-state index contributed by atoms with van der Waals surface area (Å²) < 4.78 is 44.0. The quantitative estimate of drug-likeness (QED) is 0.351. The highest BCUT2D eigenvalue weighted by molar-refractivity contribution is 6.04. The van der Waals surface area contributed by atoms with E-state index in [1.807, 2.05) is 0 Å². The third-order valence-corrected chi connectivity index (χ3v) is 4.55. The number of esters is 2. The highest BCUT2D eigenvalue weighted by Gasteiger charge is 2.27. The van der Waals surface area contributed by atoms with Gasteiger partial charge in [0.15, 0.2) is 17.6 Å². The van der Waals surface area contributed by atoms with Crippen molar-refractivity contribution in [2.24, 2.45) is 0 Å². The van der Waals surface area contributed by atoms with Crippen LogP contribution < -0.4 is 9.47 Å². The second-order valence-corrected chi connectivity index (χ2v) is 6.68. The highest BCUT2D eigenvalue weighted by Crippen LogP contribution is 2.30. The van der Waals surface area contributed by atoms with Crippen molar-refractivity contribution in [3.8, 4) is 11.5 Å². The molecule has 1 unspecified atom stereocenters. The molecule has 172 valence electrons. The summed E-state index contributed by atoms with van der Waals surface area (Å²) in [5.41, 5.74) is 1.72. The number of alkyl halides is 2. The number of carbonyl (C=O) groups excluding carboxylic acids is 3. The molecule has 10 heteroatoms. The van der Waals surface area contributed by atoms with Crippen LogP contribution in [0.4, 0.5) is 8.78 Å². The van der Waals surface area contributed by atoms with E-state index in [0.717, 1.165) is 6.08 Å². The van der Waals surface area contributed by atoms with Crippen LogP contribution in [0.15, 0.2) is 24.3 Å². The second-order valence-electron chi connectivity index (χ2n) is 6.68. The lowest BCUT2D eigenvalue weighted by molar-refractivity contribution is -0.140. The monoisotopic (exact) mass is 451 g/mol.